The Bertz CT molecular complexity index is 844. The summed E-state index contributed by atoms with van der Waals surface area (Å²) in [5.74, 6) is -1.30. The van der Waals surface area contributed by atoms with Crippen LogP contribution in [0.15, 0.2) is 78.5 Å². The van der Waals surface area contributed by atoms with Gasteiger partial charge < -0.3 is 11.1 Å². The Morgan fingerprint density at radius 3 is 2.38 bits per heavy atom. The maximum absolute atomic E-state index is 12.7. The van der Waals surface area contributed by atoms with Crippen LogP contribution in [0.1, 0.15) is 32.0 Å². The zero-order valence-electron chi connectivity index (χ0n) is 16.9. The molecule has 0 aliphatic carbocycles. The Morgan fingerprint density at radius 2 is 1.86 bits per heavy atom. The molecule has 0 saturated heterocycles. The first kappa shape index (κ1) is 25.6. The van der Waals surface area contributed by atoms with Gasteiger partial charge in [0.05, 0.1) is 0 Å². The van der Waals surface area contributed by atoms with Crippen LogP contribution < -0.4 is 5.73 Å². The Balaban J connectivity index is 0.000000493. The van der Waals surface area contributed by atoms with Gasteiger partial charge in [0, 0.05) is 35.7 Å². The van der Waals surface area contributed by atoms with E-state index in [1.165, 1.54) is 18.6 Å². The van der Waals surface area contributed by atoms with Crippen molar-refractivity contribution in [3.63, 3.8) is 0 Å². The number of amides is 1. The molecule has 1 aromatic heterocycles. The molecule has 0 aliphatic heterocycles. The van der Waals surface area contributed by atoms with E-state index in [1.54, 1.807) is 0 Å². The summed E-state index contributed by atoms with van der Waals surface area (Å²) in [4.78, 5) is 12.8. The van der Waals surface area contributed by atoms with Crippen molar-refractivity contribution in [2.45, 2.75) is 27.2 Å². The van der Waals surface area contributed by atoms with Crippen LogP contribution in [0.4, 0.5) is 8.78 Å². The van der Waals surface area contributed by atoms with Gasteiger partial charge in [0.15, 0.2) is 0 Å². The normalized spacial score (nSPS) is 10.7. The van der Waals surface area contributed by atoms with Gasteiger partial charge in [0.2, 0.25) is 6.41 Å². The molecule has 3 N–H and O–H groups in total. The molecule has 0 bridgehead atoms. The minimum atomic E-state index is -0.683. The van der Waals surface area contributed by atoms with Crippen LogP contribution in [-0.2, 0) is 11.2 Å². The topological polar surface area (TPSA) is 79.8 Å². The van der Waals surface area contributed by atoms with Crippen molar-refractivity contribution in [2.24, 2.45) is 5.73 Å². The van der Waals surface area contributed by atoms with Crippen LogP contribution in [0.25, 0.3) is 0 Å². The number of hydrogen-bond donors (Lipinski definition) is 2. The van der Waals surface area contributed by atoms with Crippen molar-refractivity contribution < 1.29 is 13.6 Å². The number of hydrogen-bond acceptors (Lipinski definition) is 3. The Morgan fingerprint density at radius 1 is 1.17 bits per heavy atom. The first-order valence-electron chi connectivity index (χ1n) is 8.87. The highest BCUT2D eigenvalue weighted by molar-refractivity contribution is 5.96. The monoisotopic (exact) mass is 399 g/mol. The van der Waals surface area contributed by atoms with Gasteiger partial charge in [-0.05, 0) is 45.0 Å². The molecule has 29 heavy (non-hydrogen) atoms. The average molecular weight is 399 g/mol. The summed E-state index contributed by atoms with van der Waals surface area (Å²) in [5.41, 5.74) is 6.78. The number of carbonyl (C=O) groups excluding carboxylic acids is 1. The summed E-state index contributed by atoms with van der Waals surface area (Å²) in [7, 11) is 0. The number of allylic oxidation sites excluding steroid dienone is 6. The number of carbonyl (C=O) groups is 1. The minimum Gasteiger partial charge on any atom is -0.372 e. The number of nitrogens with zero attached hydrogens (tertiary/aromatic N) is 1. The lowest BCUT2D eigenvalue weighted by Gasteiger charge is -1.98. The molecule has 2 aromatic rings. The lowest BCUT2D eigenvalue weighted by atomic mass is 10.1. The fraction of sp³-hybridized carbons (Fsp3) is 0.174. The summed E-state index contributed by atoms with van der Waals surface area (Å²) >= 11 is 0. The van der Waals surface area contributed by atoms with Crippen molar-refractivity contribution >= 4 is 12.1 Å². The van der Waals surface area contributed by atoms with Crippen molar-refractivity contribution in [1.82, 2.24) is 4.98 Å². The third kappa shape index (κ3) is 12.6. The van der Waals surface area contributed by atoms with Crippen molar-refractivity contribution in [2.75, 3.05) is 0 Å². The first-order chi connectivity index (χ1) is 13.8. The third-order valence-electron chi connectivity index (χ3n) is 3.36. The number of nitrogens with two attached hydrogens (primary N) is 1. The Labute approximate surface area is 171 Å². The maximum atomic E-state index is 12.7. The number of nitrogens with one attached hydrogen (secondary N) is 1. The summed E-state index contributed by atoms with van der Waals surface area (Å²) in [6.07, 6.45) is 13.3. The summed E-state index contributed by atoms with van der Waals surface area (Å²) in [6.45, 7) is 5.57. The third-order valence-corrected chi connectivity index (χ3v) is 3.36. The molecule has 2 rings (SSSR count). The highest BCUT2D eigenvalue weighted by Gasteiger charge is 2.03. The molecule has 0 unspecified atom stereocenters. The fourth-order valence-corrected chi connectivity index (χ4v) is 1.96. The molecule has 0 saturated carbocycles. The van der Waals surface area contributed by atoms with E-state index in [1.807, 2.05) is 49.5 Å². The molecule has 0 fully saturated rings. The Hall–Kier alpha value is -3.41. The van der Waals surface area contributed by atoms with E-state index in [0.29, 0.717) is 0 Å². The number of halogens is 2. The van der Waals surface area contributed by atoms with Gasteiger partial charge in [0.25, 0.3) is 0 Å². The van der Waals surface area contributed by atoms with E-state index in [9.17, 15) is 8.78 Å². The van der Waals surface area contributed by atoms with Crippen LogP contribution in [0.2, 0.25) is 0 Å². The minimum absolute atomic E-state index is 0.0995. The molecule has 1 heterocycles. The van der Waals surface area contributed by atoms with Gasteiger partial charge >= 0.3 is 0 Å². The predicted octanol–water partition coefficient (Wildman–Crippen LogP) is 5.16. The number of pyridine rings is 1. The smallest absolute Gasteiger partial charge is 0.204 e. The van der Waals surface area contributed by atoms with Crippen molar-refractivity contribution in [3.05, 3.63) is 101 Å². The molecule has 6 heteroatoms. The summed E-state index contributed by atoms with van der Waals surface area (Å²) < 4.78 is 25.0. The first-order valence-corrected chi connectivity index (χ1v) is 8.87. The second kappa shape index (κ2) is 15.6. The molecule has 0 aliphatic rings. The largest absolute Gasteiger partial charge is 0.372 e. The molecule has 0 spiro atoms. The average Bonchev–Trinajstić information content (AvgIpc) is 2.68. The van der Waals surface area contributed by atoms with Gasteiger partial charge in [0.1, 0.15) is 11.6 Å². The summed E-state index contributed by atoms with van der Waals surface area (Å²) in [5, 5.41) is 7.08. The van der Waals surface area contributed by atoms with Crippen molar-refractivity contribution in [3.8, 4) is 0 Å². The SMILES string of the molecule is CC(=N)c1ccc(F)cc1F.C\C=C/C=C\C(C)=C/Cc1ccccn1.NC=O. The highest BCUT2D eigenvalue weighted by Crippen LogP contribution is 2.09. The fourth-order valence-electron chi connectivity index (χ4n) is 1.96. The van der Waals surface area contributed by atoms with E-state index in [0.717, 1.165) is 24.2 Å². The molecule has 1 aromatic carbocycles. The lowest BCUT2D eigenvalue weighted by molar-refractivity contribution is -0.106. The molecule has 0 radical (unpaired) electrons. The molecular formula is C23H27F2N3O. The molecule has 0 atom stereocenters. The van der Waals surface area contributed by atoms with Gasteiger partial charge in [-0.25, -0.2) is 8.78 Å². The van der Waals surface area contributed by atoms with Gasteiger partial charge in [-0.15, -0.1) is 0 Å². The van der Waals surface area contributed by atoms with E-state index in [2.05, 4.69) is 29.8 Å². The molecule has 4 nitrogen and oxygen atoms in total. The zero-order chi connectivity index (χ0) is 22.1. The second-order valence-corrected chi connectivity index (χ2v) is 5.74. The number of primary amides is 1. The predicted molar refractivity (Wildman–Crippen MR) is 115 cm³/mol. The van der Waals surface area contributed by atoms with Crippen LogP contribution in [0, 0.1) is 17.0 Å². The van der Waals surface area contributed by atoms with Crippen LogP contribution in [0.3, 0.4) is 0 Å². The number of aromatic nitrogens is 1. The lowest BCUT2D eigenvalue weighted by Crippen LogP contribution is -1.96. The van der Waals surface area contributed by atoms with Crippen LogP contribution >= 0.6 is 0 Å². The van der Waals surface area contributed by atoms with Crippen LogP contribution in [0.5, 0.6) is 0 Å². The van der Waals surface area contributed by atoms with E-state index < -0.39 is 11.6 Å². The number of benzene rings is 1. The molecule has 1 amide bonds. The highest BCUT2D eigenvalue weighted by atomic mass is 19.1. The Kier molecular flexibility index (Phi) is 13.8. The molecular weight excluding hydrogens is 372 g/mol. The van der Waals surface area contributed by atoms with Gasteiger partial charge in [-0.2, -0.15) is 0 Å². The van der Waals surface area contributed by atoms with Crippen molar-refractivity contribution in [1.29, 1.82) is 5.41 Å². The number of rotatable bonds is 5. The van der Waals surface area contributed by atoms with Gasteiger partial charge in [-0.3, -0.25) is 9.78 Å². The van der Waals surface area contributed by atoms with Gasteiger partial charge in [-0.1, -0.05) is 42.0 Å². The van der Waals surface area contributed by atoms with E-state index in [-0.39, 0.29) is 17.7 Å². The maximum Gasteiger partial charge on any atom is 0.204 e. The second-order valence-electron chi connectivity index (χ2n) is 5.74. The summed E-state index contributed by atoms with van der Waals surface area (Å²) in [6, 6.07) is 9.16. The van der Waals surface area contributed by atoms with E-state index >= 15 is 0 Å². The quantitative estimate of drug-likeness (QED) is 0.414. The zero-order valence-corrected chi connectivity index (χ0v) is 16.9. The standard InChI is InChI=1S/C14H17N.C8H7F2N.CH3NO/c1-3-4-5-8-13(2)10-11-14-9-6-7-12-15-14;1-5(11)7-3-2-6(9)4-8(7)10;2-1-3/h3-10,12H,11H2,1-2H3;2-4,11H,1H3;1H,(H2,2,3)/b4-3-,8-5-,13-10-;;. The van der Waals surface area contributed by atoms with Crippen LogP contribution in [-0.4, -0.2) is 17.1 Å². The van der Waals surface area contributed by atoms with E-state index in [4.69, 9.17) is 10.2 Å². The molecule has 154 valence electrons.